The van der Waals surface area contributed by atoms with Gasteiger partial charge in [0.25, 0.3) is 0 Å². The number of amides is 2. The number of fused-ring (bicyclic) bond motifs is 6. The minimum absolute atomic E-state index is 0.0181. The van der Waals surface area contributed by atoms with E-state index in [-0.39, 0.29) is 17.6 Å². The Morgan fingerprint density at radius 1 is 0.946 bits per heavy atom. The smallest absolute Gasteiger partial charge is 0.227 e. The van der Waals surface area contributed by atoms with E-state index >= 15 is 0 Å². The predicted octanol–water partition coefficient (Wildman–Crippen LogP) is 4.81. The summed E-state index contributed by atoms with van der Waals surface area (Å²) in [6, 6.07) is 11.7. The lowest BCUT2D eigenvalue weighted by Gasteiger charge is -2.20. The van der Waals surface area contributed by atoms with Gasteiger partial charge < -0.3 is 14.9 Å². The summed E-state index contributed by atoms with van der Waals surface area (Å²) in [5.41, 5.74) is 5.56. The number of aryl methyl sites for hydroxylation is 1. The first-order valence-electron chi connectivity index (χ1n) is 13.7. The quantitative estimate of drug-likeness (QED) is 0.554. The zero-order valence-corrected chi connectivity index (χ0v) is 21.7. The van der Waals surface area contributed by atoms with Gasteiger partial charge in [-0.15, -0.1) is 0 Å². The molecule has 2 amide bonds. The van der Waals surface area contributed by atoms with Gasteiger partial charge in [0.05, 0.1) is 5.69 Å². The summed E-state index contributed by atoms with van der Waals surface area (Å²) in [6.07, 6.45) is 9.82. The molecule has 3 aromatic carbocycles. The van der Waals surface area contributed by atoms with Gasteiger partial charge in [-0.05, 0) is 77.6 Å². The lowest BCUT2D eigenvalue weighted by Crippen LogP contribution is -2.34. The molecular weight excluding hydrogens is 460 g/mol. The van der Waals surface area contributed by atoms with Crippen LogP contribution in [0.4, 0.5) is 11.4 Å². The predicted molar refractivity (Wildman–Crippen MR) is 149 cm³/mol. The summed E-state index contributed by atoms with van der Waals surface area (Å²) < 4.78 is 0. The molecule has 1 atom stereocenters. The van der Waals surface area contributed by atoms with Gasteiger partial charge >= 0.3 is 0 Å². The zero-order valence-electron chi connectivity index (χ0n) is 21.7. The van der Waals surface area contributed by atoms with Gasteiger partial charge in [0.15, 0.2) is 0 Å². The number of carbonyl (C=O) groups is 2. The van der Waals surface area contributed by atoms with E-state index in [0.717, 1.165) is 59.9 Å². The monoisotopic (exact) mass is 494 g/mol. The van der Waals surface area contributed by atoms with Crippen LogP contribution in [0, 0.1) is 6.92 Å². The van der Waals surface area contributed by atoms with E-state index in [1.165, 1.54) is 21.6 Å². The Kier molecular flexibility index (Phi) is 6.02. The fraction of sp³-hybridized carbons (Fsp3) is 0.375. The zero-order chi connectivity index (χ0) is 25.7. The van der Waals surface area contributed by atoms with Crippen molar-refractivity contribution < 1.29 is 14.7 Å². The molecule has 5 heteroatoms. The van der Waals surface area contributed by atoms with Gasteiger partial charge in [0.2, 0.25) is 11.8 Å². The maximum Gasteiger partial charge on any atom is 0.227 e. The van der Waals surface area contributed by atoms with Crippen molar-refractivity contribution in [2.75, 3.05) is 22.9 Å². The number of phenols is 1. The molecule has 190 valence electrons. The fourth-order valence-electron chi connectivity index (χ4n) is 6.60. The molecule has 0 saturated carbocycles. The van der Waals surface area contributed by atoms with E-state index in [1.54, 1.807) is 11.0 Å². The molecule has 0 fully saturated rings. The van der Waals surface area contributed by atoms with E-state index in [0.29, 0.717) is 31.7 Å². The SMILES string of the molecule is CC[C@@H]1CN(C(=O)CCCC(=O)N2CCc3c2cc(O)c2ccccc32)c2cc(C)c3c(c21)=CCCC=3. The van der Waals surface area contributed by atoms with Gasteiger partial charge in [-0.1, -0.05) is 43.3 Å². The number of anilines is 2. The van der Waals surface area contributed by atoms with E-state index in [9.17, 15) is 14.7 Å². The Labute approximate surface area is 217 Å². The van der Waals surface area contributed by atoms with Crippen molar-refractivity contribution in [3.63, 3.8) is 0 Å². The number of hydrogen-bond donors (Lipinski definition) is 1. The molecule has 0 unspecified atom stereocenters. The molecule has 2 aliphatic heterocycles. The Morgan fingerprint density at radius 3 is 2.41 bits per heavy atom. The lowest BCUT2D eigenvalue weighted by atomic mass is 9.91. The number of rotatable bonds is 5. The molecular formula is C32H34N2O3. The van der Waals surface area contributed by atoms with Gasteiger partial charge in [0.1, 0.15) is 5.75 Å². The summed E-state index contributed by atoms with van der Waals surface area (Å²) in [6.45, 7) is 5.69. The highest BCUT2D eigenvalue weighted by Crippen LogP contribution is 2.40. The summed E-state index contributed by atoms with van der Waals surface area (Å²) in [5, 5.41) is 15.0. The van der Waals surface area contributed by atoms with Crippen molar-refractivity contribution >= 4 is 46.1 Å². The van der Waals surface area contributed by atoms with Crippen molar-refractivity contribution in [1.82, 2.24) is 0 Å². The number of nitrogens with zero attached hydrogens (tertiary/aromatic N) is 2. The molecule has 0 aromatic heterocycles. The van der Waals surface area contributed by atoms with Crippen molar-refractivity contribution in [3.8, 4) is 5.75 Å². The minimum atomic E-state index is 0.0181. The number of benzene rings is 3. The largest absolute Gasteiger partial charge is 0.507 e. The van der Waals surface area contributed by atoms with Crippen LogP contribution in [0.3, 0.4) is 0 Å². The van der Waals surface area contributed by atoms with Crippen molar-refractivity contribution in [2.45, 2.75) is 64.7 Å². The van der Waals surface area contributed by atoms with Crippen LogP contribution in [0.25, 0.3) is 22.9 Å². The molecule has 37 heavy (non-hydrogen) atoms. The molecule has 0 saturated heterocycles. The van der Waals surface area contributed by atoms with Crippen LogP contribution < -0.4 is 20.2 Å². The highest BCUT2D eigenvalue weighted by atomic mass is 16.3. The Morgan fingerprint density at radius 2 is 1.65 bits per heavy atom. The van der Waals surface area contributed by atoms with Crippen molar-refractivity contribution in [2.24, 2.45) is 0 Å². The second kappa shape index (κ2) is 9.37. The maximum absolute atomic E-state index is 13.4. The minimum Gasteiger partial charge on any atom is -0.507 e. The van der Waals surface area contributed by atoms with Crippen LogP contribution in [-0.2, 0) is 16.0 Å². The van der Waals surface area contributed by atoms with E-state index in [2.05, 4.69) is 32.1 Å². The van der Waals surface area contributed by atoms with Gasteiger partial charge in [-0.2, -0.15) is 0 Å². The summed E-state index contributed by atoms with van der Waals surface area (Å²) in [4.78, 5) is 30.3. The lowest BCUT2D eigenvalue weighted by molar-refractivity contribution is -0.119. The molecule has 0 bridgehead atoms. The molecule has 3 aromatic rings. The third-order valence-electron chi connectivity index (χ3n) is 8.46. The highest BCUT2D eigenvalue weighted by molar-refractivity contribution is 6.03. The number of carbonyl (C=O) groups excluding carboxylic acids is 2. The second-order valence-electron chi connectivity index (χ2n) is 10.6. The van der Waals surface area contributed by atoms with Crippen molar-refractivity contribution in [1.29, 1.82) is 0 Å². The first-order valence-corrected chi connectivity index (χ1v) is 13.7. The average molecular weight is 495 g/mol. The molecule has 1 N–H and O–H groups in total. The van der Waals surface area contributed by atoms with E-state index < -0.39 is 0 Å². The van der Waals surface area contributed by atoms with Crippen LogP contribution in [0.1, 0.15) is 68.1 Å². The first-order chi connectivity index (χ1) is 18.0. The van der Waals surface area contributed by atoms with E-state index in [1.807, 2.05) is 29.2 Å². The average Bonchev–Trinajstić information content (AvgIpc) is 3.51. The van der Waals surface area contributed by atoms with Gasteiger partial charge in [0, 0.05) is 49.0 Å². The highest BCUT2D eigenvalue weighted by Gasteiger charge is 2.33. The second-order valence-corrected chi connectivity index (χ2v) is 10.6. The van der Waals surface area contributed by atoms with Crippen LogP contribution in [-0.4, -0.2) is 30.0 Å². The maximum atomic E-state index is 13.4. The third-order valence-corrected chi connectivity index (χ3v) is 8.46. The van der Waals surface area contributed by atoms with Crippen LogP contribution in [0.15, 0.2) is 36.4 Å². The number of hydrogen-bond acceptors (Lipinski definition) is 3. The van der Waals surface area contributed by atoms with Gasteiger partial charge in [-0.3, -0.25) is 9.59 Å². The Bertz CT molecular complexity index is 1550. The standard InChI is InChI=1S/C32H34N2O3/c1-3-21-19-34(28-17-20(2)22-9-4-7-12-26(22)32(21)28)31(37)14-8-13-30(36)33-16-15-24-23-10-5-6-11-25(23)29(35)18-27(24)33/h5-6,9-12,17-18,21,35H,3-4,7-8,13-16,19H2,1-2H3/t21-/m1/s1. The Balaban J connectivity index is 1.16. The molecule has 3 aliphatic rings. The molecule has 0 radical (unpaired) electrons. The normalized spacial score (nSPS) is 17.7. The Hall–Kier alpha value is -3.60. The van der Waals surface area contributed by atoms with Gasteiger partial charge in [-0.25, -0.2) is 0 Å². The molecule has 5 nitrogen and oxygen atoms in total. The molecule has 1 aliphatic carbocycles. The van der Waals surface area contributed by atoms with Crippen LogP contribution in [0.2, 0.25) is 0 Å². The number of aromatic hydroxyl groups is 1. The third kappa shape index (κ3) is 3.92. The molecule has 0 spiro atoms. The summed E-state index contributed by atoms with van der Waals surface area (Å²) >= 11 is 0. The molecule has 2 heterocycles. The van der Waals surface area contributed by atoms with Crippen LogP contribution in [0.5, 0.6) is 5.75 Å². The molecule has 6 rings (SSSR count). The van der Waals surface area contributed by atoms with Crippen LogP contribution >= 0.6 is 0 Å². The number of phenolic OH excluding ortho intramolecular Hbond substituents is 1. The summed E-state index contributed by atoms with van der Waals surface area (Å²) in [5.74, 6) is 0.690. The van der Waals surface area contributed by atoms with E-state index in [4.69, 9.17) is 0 Å². The fourth-order valence-corrected chi connectivity index (χ4v) is 6.60. The summed E-state index contributed by atoms with van der Waals surface area (Å²) in [7, 11) is 0. The topological polar surface area (TPSA) is 60.9 Å². The first kappa shape index (κ1) is 23.8. The van der Waals surface area contributed by atoms with Crippen molar-refractivity contribution in [3.05, 3.63) is 63.5 Å².